The molecular formula is C17H22BrN3O2. The van der Waals surface area contributed by atoms with Crippen LogP contribution in [-0.4, -0.2) is 17.5 Å². The molecule has 1 aromatic rings. The van der Waals surface area contributed by atoms with Crippen molar-refractivity contribution >= 4 is 27.3 Å². The van der Waals surface area contributed by atoms with Crippen LogP contribution in [0, 0.1) is 27.4 Å². The van der Waals surface area contributed by atoms with Gasteiger partial charge in [-0.3, -0.25) is 10.1 Å². The minimum atomic E-state index is -0.378. The standard InChI is InChI=1S/C17H22BrN3O2/c1-12(2)11-20(15-6-4-3-5-7-15)17-13(10-19)8-14(18)9-16(17)21(22)23/h8-9,12,15H,3-7,11H2,1-2H3. The van der Waals surface area contributed by atoms with Crippen molar-refractivity contribution in [3.05, 3.63) is 32.3 Å². The molecule has 23 heavy (non-hydrogen) atoms. The maximum absolute atomic E-state index is 11.6. The highest BCUT2D eigenvalue weighted by Crippen LogP contribution is 2.39. The van der Waals surface area contributed by atoms with E-state index in [9.17, 15) is 15.4 Å². The van der Waals surface area contributed by atoms with E-state index in [-0.39, 0.29) is 16.7 Å². The maximum Gasteiger partial charge on any atom is 0.295 e. The van der Waals surface area contributed by atoms with Gasteiger partial charge >= 0.3 is 0 Å². The van der Waals surface area contributed by atoms with Gasteiger partial charge in [-0.25, -0.2) is 0 Å². The van der Waals surface area contributed by atoms with Gasteiger partial charge in [0.1, 0.15) is 11.8 Å². The summed E-state index contributed by atoms with van der Waals surface area (Å²) in [7, 11) is 0. The SMILES string of the molecule is CC(C)CN(c1c(C#N)cc(Br)cc1[N+](=O)[O-])C1CCCCC1. The number of hydrogen-bond acceptors (Lipinski definition) is 4. The summed E-state index contributed by atoms with van der Waals surface area (Å²) in [6.45, 7) is 4.93. The molecule has 124 valence electrons. The van der Waals surface area contributed by atoms with E-state index in [1.165, 1.54) is 12.5 Å². The summed E-state index contributed by atoms with van der Waals surface area (Å²) in [4.78, 5) is 13.3. The lowest BCUT2D eigenvalue weighted by Gasteiger charge is -2.37. The van der Waals surface area contributed by atoms with Crippen LogP contribution < -0.4 is 4.90 Å². The summed E-state index contributed by atoms with van der Waals surface area (Å²) in [6.07, 6.45) is 5.58. The molecular weight excluding hydrogens is 358 g/mol. The van der Waals surface area contributed by atoms with Crippen LogP contribution in [0.5, 0.6) is 0 Å². The number of halogens is 1. The van der Waals surface area contributed by atoms with E-state index in [1.54, 1.807) is 6.07 Å². The molecule has 1 aliphatic rings. The highest BCUT2D eigenvalue weighted by molar-refractivity contribution is 9.10. The van der Waals surface area contributed by atoms with E-state index in [0.717, 1.165) is 32.2 Å². The van der Waals surface area contributed by atoms with Gasteiger partial charge in [-0.15, -0.1) is 0 Å². The lowest BCUT2D eigenvalue weighted by atomic mass is 9.92. The third kappa shape index (κ3) is 4.23. The Kier molecular flexibility index (Phi) is 6.00. The molecule has 0 heterocycles. The monoisotopic (exact) mass is 379 g/mol. The molecule has 0 radical (unpaired) electrons. The Morgan fingerprint density at radius 3 is 2.57 bits per heavy atom. The Morgan fingerprint density at radius 1 is 1.39 bits per heavy atom. The highest BCUT2D eigenvalue weighted by atomic mass is 79.9. The molecule has 0 spiro atoms. The molecule has 0 amide bonds. The van der Waals surface area contributed by atoms with Crippen LogP contribution in [0.4, 0.5) is 11.4 Å². The van der Waals surface area contributed by atoms with Crippen molar-refractivity contribution in [1.82, 2.24) is 0 Å². The topological polar surface area (TPSA) is 70.2 Å². The molecule has 0 aromatic heterocycles. The first-order valence-corrected chi connectivity index (χ1v) is 8.88. The summed E-state index contributed by atoms with van der Waals surface area (Å²) < 4.78 is 0.567. The van der Waals surface area contributed by atoms with Crippen LogP contribution in [0.25, 0.3) is 0 Å². The molecule has 0 atom stereocenters. The van der Waals surface area contributed by atoms with Gasteiger partial charge < -0.3 is 4.90 Å². The minimum absolute atomic E-state index is 0.0159. The van der Waals surface area contributed by atoms with E-state index < -0.39 is 0 Å². The van der Waals surface area contributed by atoms with Gasteiger partial charge in [0, 0.05) is 23.1 Å². The third-order valence-corrected chi connectivity index (χ3v) is 4.69. The van der Waals surface area contributed by atoms with Gasteiger partial charge in [0.15, 0.2) is 0 Å². The lowest BCUT2D eigenvalue weighted by Crippen LogP contribution is -2.40. The van der Waals surface area contributed by atoms with Crippen LogP contribution >= 0.6 is 15.9 Å². The first-order chi connectivity index (χ1) is 10.9. The quantitative estimate of drug-likeness (QED) is 0.531. The first-order valence-electron chi connectivity index (χ1n) is 8.08. The second-order valence-electron chi connectivity index (χ2n) is 6.53. The molecule has 1 fully saturated rings. The fraction of sp³-hybridized carbons (Fsp3) is 0.588. The fourth-order valence-electron chi connectivity index (χ4n) is 3.32. The van der Waals surface area contributed by atoms with Gasteiger partial charge in [-0.05, 0) is 24.8 Å². The number of rotatable bonds is 5. The van der Waals surface area contributed by atoms with Crippen molar-refractivity contribution in [3.8, 4) is 6.07 Å². The van der Waals surface area contributed by atoms with Crippen molar-refractivity contribution in [2.24, 2.45) is 5.92 Å². The number of nitro groups is 1. The Hall–Kier alpha value is -1.61. The van der Waals surface area contributed by atoms with Crippen LogP contribution in [-0.2, 0) is 0 Å². The number of hydrogen-bond donors (Lipinski definition) is 0. The number of nitro benzene ring substituents is 1. The molecule has 1 aromatic carbocycles. The van der Waals surface area contributed by atoms with E-state index >= 15 is 0 Å². The lowest BCUT2D eigenvalue weighted by molar-refractivity contribution is -0.384. The number of anilines is 1. The summed E-state index contributed by atoms with van der Waals surface area (Å²) in [6, 6.07) is 5.61. The average Bonchev–Trinajstić information content (AvgIpc) is 2.52. The zero-order valence-corrected chi connectivity index (χ0v) is 15.2. The Balaban J connectivity index is 2.56. The maximum atomic E-state index is 11.6. The molecule has 1 aliphatic carbocycles. The molecule has 0 aliphatic heterocycles. The number of nitrogens with zero attached hydrogens (tertiary/aromatic N) is 3. The molecule has 0 bridgehead atoms. The fourth-order valence-corrected chi connectivity index (χ4v) is 3.77. The third-order valence-electron chi connectivity index (χ3n) is 4.24. The second-order valence-corrected chi connectivity index (χ2v) is 7.44. The molecule has 5 nitrogen and oxygen atoms in total. The molecule has 0 N–H and O–H groups in total. The van der Waals surface area contributed by atoms with Gasteiger partial charge in [0.2, 0.25) is 0 Å². The van der Waals surface area contributed by atoms with Gasteiger partial charge in [0.05, 0.1) is 10.5 Å². The Bertz CT molecular complexity index is 619. The van der Waals surface area contributed by atoms with Crippen molar-refractivity contribution in [2.45, 2.75) is 52.0 Å². The summed E-state index contributed by atoms with van der Waals surface area (Å²) in [5, 5.41) is 21.1. The van der Waals surface area contributed by atoms with Crippen LogP contribution in [0.3, 0.4) is 0 Å². The highest BCUT2D eigenvalue weighted by Gasteiger charge is 2.30. The zero-order valence-electron chi connectivity index (χ0n) is 13.6. The second kappa shape index (κ2) is 7.78. The van der Waals surface area contributed by atoms with Crippen LogP contribution in [0.1, 0.15) is 51.5 Å². The molecule has 0 unspecified atom stereocenters. The van der Waals surface area contributed by atoms with E-state index in [2.05, 4.69) is 40.7 Å². The number of nitriles is 1. The van der Waals surface area contributed by atoms with Gasteiger partial charge in [-0.2, -0.15) is 5.26 Å². The van der Waals surface area contributed by atoms with Gasteiger partial charge in [-0.1, -0.05) is 49.0 Å². The zero-order chi connectivity index (χ0) is 17.0. The van der Waals surface area contributed by atoms with Gasteiger partial charge in [0.25, 0.3) is 5.69 Å². The van der Waals surface area contributed by atoms with E-state index in [0.29, 0.717) is 21.6 Å². The predicted molar refractivity (Wildman–Crippen MR) is 94.6 cm³/mol. The predicted octanol–water partition coefficient (Wildman–Crippen LogP) is 5.02. The Labute approximate surface area is 145 Å². The van der Waals surface area contributed by atoms with E-state index in [1.807, 2.05) is 0 Å². The van der Waals surface area contributed by atoms with Crippen LogP contribution in [0.2, 0.25) is 0 Å². The molecule has 2 rings (SSSR count). The van der Waals surface area contributed by atoms with Crippen molar-refractivity contribution in [1.29, 1.82) is 5.26 Å². The summed E-state index contributed by atoms with van der Waals surface area (Å²) in [5.74, 6) is 0.367. The number of benzene rings is 1. The minimum Gasteiger partial charge on any atom is -0.362 e. The Morgan fingerprint density at radius 2 is 2.04 bits per heavy atom. The molecule has 0 saturated heterocycles. The van der Waals surface area contributed by atoms with Crippen molar-refractivity contribution in [2.75, 3.05) is 11.4 Å². The smallest absolute Gasteiger partial charge is 0.295 e. The largest absolute Gasteiger partial charge is 0.362 e. The van der Waals surface area contributed by atoms with Crippen LogP contribution in [0.15, 0.2) is 16.6 Å². The first kappa shape index (κ1) is 17.7. The molecule has 6 heteroatoms. The normalized spacial score (nSPS) is 15.4. The average molecular weight is 380 g/mol. The summed E-state index contributed by atoms with van der Waals surface area (Å²) >= 11 is 3.28. The van der Waals surface area contributed by atoms with Crippen molar-refractivity contribution < 1.29 is 4.92 Å². The molecule has 1 saturated carbocycles. The van der Waals surface area contributed by atoms with Crippen molar-refractivity contribution in [3.63, 3.8) is 0 Å². The van der Waals surface area contributed by atoms with E-state index in [4.69, 9.17) is 0 Å². The summed E-state index contributed by atoms with van der Waals surface area (Å²) in [5.41, 5.74) is 0.876.